The van der Waals surface area contributed by atoms with Crippen LogP contribution in [0.25, 0.3) is 0 Å². The van der Waals surface area contributed by atoms with E-state index >= 15 is 0 Å². The lowest BCUT2D eigenvalue weighted by atomic mass is 10.1. The second-order valence-electron chi connectivity index (χ2n) is 4.37. The van der Waals surface area contributed by atoms with Gasteiger partial charge in [-0.15, -0.1) is 24.0 Å². The lowest BCUT2D eigenvalue weighted by molar-refractivity contribution is -0.137. The average Bonchev–Trinajstić information content (AvgIpc) is 2.44. The molecule has 0 aliphatic rings. The van der Waals surface area contributed by atoms with Crippen molar-refractivity contribution in [3.8, 4) is 0 Å². The molecule has 0 heterocycles. The molecule has 126 valence electrons. The highest BCUT2D eigenvalue weighted by molar-refractivity contribution is 14.0. The fraction of sp³-hybridized carbons (Fsp3) is 0.500. The fourth-order valence-electron chi connectivity index (χ4n) is 1.57. The minimum atomic E-state index is -4.32. The molecular weight excluding hydrogens is 410 g/mol. The van der Waals surface area contributed by atoms with E-state index in [0.717, 1.165) is 18.6 Å². The Morgan fingerprint density at radius 2 is 1.91 bits per heavy atom. The summed E-state index contributed by atoms with van der Waals surface area (Å²) in [5, 5.41) is 2.92. The number of aliphatic imine (C=N–C) groups is 1. The van der Waals surface area contributed by atoms with E-state index < -0.39 is 11.7 Å². The van der Waals surface area contributed by atoms with Crippen molar-refractivity contribution in [3.63, 3.8) is 0 Å². The van der Waals surface area contributed by atoms with Gasteiger partial charge in [-0.3, -0.25) is 0 Å². The average molecular weight is 431 g/mol. The summed E-state index contributed by atoms with van der Waals surface area (Å²) in [5.41, 5.74) is 5.65. The van der Waals surface area contributed by atoms with Gasteiger partial charge in [-0.05, 0) is 31.0 Å². The maximum Gasteiger partial charge on any atom is 0.416 e. The number of halogens is 4. The maximum absolute atomic E-state index is 12.4. The first-order valence-electron chi connectivity index (χ1n) is 6.71. The van der Waals surface area contributed by atoms with Gasteiger partial charge in [0.15, 0.2) is 5.96 Å². The molecule has 0 unspecified atom stereocenters. The zero-order valence-corrected chi connectivity index (χ0v) is 14.7. The van der Waals surface area contributed by atoms with Crippen LogP contribution in [0, 0.1) is 0 Å². The van der Waals surface area contributed by atoms with Crippen LogP contribution in [0.4, 0.5) is 13.2 Å². The molecule has 1 aromatic carbocycles. The highest BCUT2D eigenvalue weighted by Crippen LogP contribution is 2.29. The van der Waals surface area contributed by atoms with Gasteiger partial charge in [0.2, 0.25) is 0 Å². The molecule has 0 radical (unpaired) electrons. The molecule has 22 heavy (non-hydrogen) atoms. The van der Waals surface area contributed by atoms with Crippen molar-refractivity contribution in [3.05, 3.63) is 35.4 Å². The summed E-state index contributed by atoms with van der Waals surface area (Å²) in [6, 6.07) is 4.87. The molecule has 0 saturated heterocycles. The molecule has 0 atom stereocenters. The summed E-state index contributed by atoms with van der Waals surface area (Å²) in [4.78, 5) is 4.07. The maximum atomic E-state index is 12.4. The quantitative estimate of drug-likeness (QED) is 0.302. The molecule has 0 aliphatic heterocycles. The molecule has 0 spiro atoms. The van der Waals surface area contributed by atoms with Crippen LogP contribution < -0.4 is 11.1 Å². The summed E-state index contributed by atoms with van der Waals surface area (Å²) in [6.45, 7) is 4.13. The zero-order valence-electron chi connectivity index (χ0n) is 12.3. The Kier molecular flexibility index (Phi) is 10.2. The van der Waals surface area contributed by atoms with Gasteiger partial charge in [0, 0.05) is 19.8 Å². The van der Waals surface area contributed by atoms with E-state index in [1.807, 2.05) is 6.92 Å². The molecule has 0 aromatic heterocycles. The summed E-state index contributed by atoms with van der Waals surface area (Å²) in [7, 11) is 0. The number of alkyl halides is 3. The number of nitrogens with zero attached hydrogens (tertiary/aromatic N) is 1. The minimum absolute atomic E-state index is 0. The summed E-state index contributed by atoms with van der Waals surface area (Å²) in [6.07, 6.45) is -3.51. The van der Waals surface area contributed by atoms with E-state index in [2.05, 4.69) is 10.3 Å². The van der Waals surface area contributed by atoms with Gasteiger partial charge in [0.05, 0.1) is 12.1 Å². The lowest BCUT2D eigenvalue weighted by Gasteiger charge is -2.07. The van der Waals surface area contributed by atoms with Crippen molar-refractivity contribution >= 4 is 29.9 Å². The lowest BCUT2D eigenvalue weighted by Crippen LogP contribution is -2.32. The van der Waals surface area contributed by atoms with Gasteiger partial charge in [-0.25, -0.2) is 4.99 Å². The van der Waals surface area contributed by atoms with E-state index in [0.29, 0.717) is 25.3 Å². The van der Waals surface area contributed by atoms with E-state index in [4.69, 9.17) is 10.5 Å². The third-order valence-corrected chi connectivity index (χ3v) is 2.69. The topological polar surface area (TPSA) is 59.6 Å². The number of hydrogen-bond acceptors (Lipinski definition) is 2. The minimum Gasteiger partial charge on any atom is -0.382 e. The van der Waals surface area contributed by atoms with Gasteiger partial charge < -0.3 is 15.8 Å². The molecule has 3 N–H and O–H groups in total. The third kappa shape index (κ3) is 8.42. The zero-order chi connectivity index (χ0) is 15.7. The van der Waals surface area contributed by atoms with E-state index in [-0.39, 0.29) is 36.5 Å². The van der Waals surface area contributed by atoms with Crippen LogP contribution in [-0.2, 0) is 17.5 Å². The predicted octanol–water partition coefficient (Wildman–Crippen LogP) is 3.15. The molecule has 0 saturated carbocycles. The van der Waals surface area contributed by atoms with Crippen LogP contribution in [0.5, 0.6) is 0 Å². The first-order valence-corrected chi connectivity index (χ1v) is 6.71. The van der Waals surface area contributed by atoms with Crippen LogP contribution in [0.15, 0.2) is 29.3 Å². The Labute approximate surface area is 145 Å². The summed E-state index contributed by atoms with van der Waals surface area (Å²) in [5.74, 6) is 0.270. The van der Waals surface area contributed by atoms with Crippen LogP contribution in [-0.4, -0.2) is 25.7 Å². The summed E-state index contributed by atoms with van der Waals surface area (Å²) < 4.78 is 42.4. The SMILES string of the molecule is CCOCCCNC(N)=NCc1ccc(C(F)(F)F)cc1.I. The van der Waals surface area contributed by atoms with Crippen molar-refractivity contribution in [1.82, 2.24) is 5.32 Å². The molecule has 0 fully saturated rings. The molecule has 0 aliphatic carbocycles. The smallest absolute Gasteiger partial charge is 0.382 e. The number of rotatable bonds is 7. The number of ether oxygens (including phenoxy) is 1. The van der Waals surface area contributed by atoms with Gasteiger partial charge in [0.1, 0.15) is 0 Å². The highest BCUT2D eigenvalue weighted by atomic mass is 127. The van der Waals surface area contributed by atoms with E-state index in [9.17, 15) is 13.2 Å². The first kappa shape index (κ1) is 21.0. The molecule has 1 aromatic rings. The number of nitrogens with one attached hydrogen (secondary N) is 1. The Bertz CT molecular complexity index is 450. The Morgan fingerprint density at radius 1 is 1.27 bits per heavy atom. The van der Waals surface area contributed by atoms with Crippen LogP contribution in [0.3, 0.4) is 0 Å². The summed E-state index contributed by atoms with van der Waals surface area (Å²) >= 11 is 0. The second kappa shape index (κ2) is 10.7. The van der Waals surface area contributed by atoms with Crippen molar-refractivity contribution in [1.29, 1.82) is 0 Å². The largest absolute Gasteiger partial charge is 0.416 e. The van der Waals surface area contributed by atoms with Crippen molar-refractivity contribution in [2.45, 2.75) is 26.1 Å². The van der Waals surface area contributed by atoms with Crippen LogP contribution >= 0.6 is 24.0 Å². The van der Waals surface area contributed by atoms with Gasteiger partial charge in [-0.1, -0.05) is 12.1 Å². The fourth-order valence-corrected chi connectivity index (χ4v) is 1.57. The highest BCUT2D eigenvalue weighted by Gasteiger charge is 2.29. The van der Waals surface area contributed by atoms with Crippen molar-refractivity contribution in [2.24, 2.45) is 10.7 Å². The number of hydrogen-bond donors (Lipinski definition) is 2. The van der Waals surface area contributed by atoms with Crippen LogP contribution in [0.1, 0.15) is 24.5 Å². The Hall–Kier alpha value is -1.03. The predicted molar refractivity (Wildman–Crippen MR) is 91.3 cm³/mol. The van der Waals surface area contributed by atoms with E-state index in [1.165, 1.54) is 12.1 Å². The van der Waals surface area contributed by atoms with Gasteiger partial charge >= 0.3 is 6.18 Å². The van der Waals surface area contributed by atoms with Gasteiger partial charge in [-0.2, -0.15) is 13.2 Å². The van der Waals surface area contributed by atoms with Crippen molar-refractivity contribution in [2.75, 3.05) is 19.8 Å². The Morgan fingerprint density at radius 3 is 2.45 bits per heavy atom. The third-order valence-electron chi connectivity index (χ3n) is 2.69. The van der Waals surface area contributed by atoms with E-state index in [1.54, 1.807) is 0 Å². The number of benzene rings is 1. The molecule has 0 amide bonds. The molecule has 0 bridgehead atoms. The monoisotopic (exact) mass is 431 g/mol. The molecular formula is C14H21F3IN3O. The van der Waals surface area contributed by atoms with Crippen LogP contribution in [0.2, 0.25) is 0 Å². The molecule has 1 rings (SSSR count). The van der Waals surface area contributed by atoms with Crippen molar-refractivity contribution < 1.29 is 17.9 Å². The first-order chi connectivity index (χ1) is 9.93. The number of guanidine groups is 1. The molecule has 4 nitrogen and oxygen atoms in total. The molecule has 8 heteroatoms. The Balaban J connectivity index is 0.00000441. The number of nitrogens with two attached hydrogens (primary N) is 1. The normalized spacial score (nSPS) is 11.9. The standard InChI is InChI=1S/C14H20F3N3O.HI/c1-2-21-9-3-8-19-13(18)20-10-11-4-6-12(7-5-11)14(15,16)17;/h4-7H,2-3,8-10H2,1H3,(H3,18,19,20);1H. The second-order valence-corrected chi connectivity index (χ2v) is 4.37. The van der Waals surface area contributed by atoms with Gasteiger partial charge in [0.25, 0.3) is 0 Å².